The minimum Gasteiger partial charge on any atom is -0.325 e. The first-order valence-electron chi connectivity index (χ1n) is 7.30. The molecule has 1 N–H and O–H groups in total. The van der Waals surface area contributed by atoms with Gasteiger partial charge in [0.05, 0.1) is 10.9 Å². The predicted molar refractivity (Wildman–Crippen MR) is 94.5 cm³/mol. The third-order valence-electron chi connectivity index (χ3n) is 3.28. The minimum atomic E-state index is -0.456. The summed E-state index contributed by atoms with van der Waals surface area (Å²) < 4.78 is 14.4. The summed E-state index contributed by atoms with van der Waals surface area (Å²) in [5.41, 5.74) is 1.26. The molecule has 2 aromatic carbocycles. The van der Waals surface area contributed by atoms with Crippen molar-refractivity contribution in [1.82, 2.24) is 20.2 Å². The topological polar surface area (TPSA) is 72.7 Å². The van der Waals surface area contributed by atoms with Crippen molar-refractivity contribution in [3.63, 3.8) is 0 Å². The van der Waals surface area contributed by atoms with Crippen LogP contribution in [0.2, 0.25) is 5.02 Å². The molecule has 0 saturated heterocycles. The van der Waals surface area contributed by atoms with Crippen molar-refractivity contribution in [3.8, 4) is 5.69 Å². The Morgan fingerprint density at radius 3 is 2.56 bits per heavy atom. The number of hydrogen-bond acceptors (Lipinski definition) is 5. The first kappa shape index (κ1) is 17.4. The van der Waals surface area contributed by atoms with Crippen LogP contribution in [0, 0.1) is 5.82 Å². The zero-order valence-corrected chi connectivity index (χ0v) is 14.6. The second-order valence-electron chi connectivity index (χ2n) is 5.11. The number of nitrogens with zero attached hydrogens (tertiary/aromatic N) is 4. The number of carbonyl (C=O) groups excluding carboxylic acids is 1. The van der Waals surface area contributed by atoms with Gasteiger partial charge < -0.3 is 5.32 Å². The fraction of sp³-hybridized carbons (Fsp3) is 0.125. The molecule has 9 heteroatoms. The highest BCUT2D eigenvalue weighted by Gasteiger charge is 2.19. The summed E-state index contributed by atoms with van der Waals surface area (Å²) in [6.07, 6.45) is 0. The molecule has 1 atom stereocenters. The van der Waals surface area contributed by atoms with Gasteiger partial charge in [-0.1, -0.05) is 23.4 Å². The van der Waals surface area contributed by atoms with Crippen LogP contribution in [0.1, 0.15) is 6.92 Å². The lowest BCUT2D eigenvalue weighted by molar-refractivity contribution is -0.115. The predicted octanol–water partition coefficient (Wildman–Crippen LogP) is 3.57. The van der Waals surface area contributed by atoms with E-state index in [0.717, 1.165) is 5.69 Å². The lowest BCUT2D eigenvalue weighted by Crippen LogP contribution is -2.22. The molecule has 0 aliphatic carbocycles. The second kappa shape index (κ2) is 7.62. The van der Waals surface area contributed by atoms with Crippen molar-refractivity contribution in [2.24, 2.45) is 0 Å². The van der Waals surface area contributed by atoms with Crippen LogP contribution in [0.4, 0.5) is 10.1 Å². The molecule has 1 heterocycles. The molecule has 25 heavy (non-hydrogen) atoms. The molecular weight excluding hydrogens is 365 g/mol. The minimum absolute atomic E-state index is 0.234. The second-order valence-corrected chi connectivity index (χ2v) is 6.85. The van der Waals surface area contributed by atoms with Gasteiger partial charge in [-0.15, -0.1) is 5.10 Å². The van der Waals surface area contributed by atoms with E-state index < -0.39 is 5.25 Å². The van der Waals surface area contributed by atoms with Gasteiger partial charge in [0, 0.05) is 10.7 Å². The molecule has 3 rings (SSSR count). The van der Waals surface area contributed by atoms with Gasteiger partial charge in [0.25, 0.3) is 0 Å². The highest BCUT2D eigenvalue weighted by atomic mass is 35.5. The molecular formula is C16H13ClFN5OS. The Balaban J connectivity index is 1.70. The van der Waals surface area contributed by atoms with Crippen molar-refractivity contribution >= 4 is 35.0 Å². The molecule has 1 amide bonds. The largest absolute Gasteiger partial charge is 0.325 e. The number of nitrogens with one attached hydrogen (secondary N) is 1. The van der Waals surface area contributed by atoms with Crippen molar-refractivity contribution < 1.29 is 9.18 Å². The SMILES string of the molecule is CC(Sc1nnnn1-c1ccc(Cl)cc1)C(=O)Nc1ccc(F)cc1. The average Bonchev–Trinajstić information content (AvgIpc) is 3.05. The zero-order chi connectivity index (χ0) is 17.8. The van der Waals surface area contributed by atoms with E-state index in [1.54, 1.807) is 31.2 Å². The fourth-order valence-corrected chi connectivity index (χ4v) is 2.92. The molecule has 6 nitrogen and oxygen atoms in total. The summed E-state index contributed by atoms with van der Waals surface area (Å²) in [5.74, 6) is -0.593. The van der Waals surface area contributed by atoms with E-state index in [4.69, 9.17) is 11.6 Å². The van der Waals surface area contributed by atoms with Crippen molar-refractivity contribution in [1.29, 1.82) is 0 Å². The summed E-state index contributed by atoms with van der Waals surface area (Å²) in [6, 6.07) is 12.6. The normalized spacial score (nSPS) is 12.0. The van der Waals surface area contributed by atoms with E-state index in [0.29, 0.717) is 15.9 Å². The maximum Gasteiger partial charge on any atom is 0.237 e. The molecule has 0 radical (unpaired) electrons. The van der Waals surface area contributed by atoms with E-state index in [9.17, 15) is 9.18 Å². The highest BCUT2D eigenvalue weighted by Crippen LogP contribution is 2.24. The van der Waals surface area contributed by atoms with Gasteiger partial charge in [-0.2, -0.15) is 4.68 Å². The molecule has 1 aromatic heterocycles. The Hall–Kier alpha value is -2.45. The molecule has 0 saturated carbocycles. The Morgan fingerprint density at radius 1 is 1.20 bits per heavy atom. The number of tetrazole rings is 1. The summed E-state index contributed by atoms with van der Waals surface area (Å²) in [6.45, 7) is 1.74. The van der Waals surface area contributed by atoms with Crippen LogP contribution in [0.5, 0.6) is 0 Å². The molecule has 0 spiro atoms. The number of hydrogen-bond donors (Lipinski definition) is 1. The van der Waals surface area contributed by atoms with Gasteiger partial charge in [0.1, 0.15) is 5.82 Å². The summed E-state index contributed by atoms with van der Waals surface area (Å²) in [5, 5.41) is 14.9. The van der Waals surface area contributed by atoms with Crippen LogP contribution in [0.25, 0.3) is 5.69 Å². The number of rotatable bonds is 5. The Morgan fingerprint density at radius 2 is 1.88 bits per heavy atom. The number of carbonyl (C=O) groups is 1. The number of aromatic nitrogens is 4. The van der Waals surface area contributed by atoms with Crippen LogP contribution in [-0.2, 0) is 4.79 Å². The maximum absolute atomic E-state index is 12.9. The quantitative estimate of drug-likeness (QED) is 0.688. The number of amides is 1. The summed E-state index contributed by atoms with van der Waals surface area (Å²) in [4.78, 5) is 12.3. The number of thioether (sulfide) groups is 1. The maximum atomic E-state index is 12.9. The monoisotopic (exact) mass is 377 g/mol. The lowest BCUT2D eigenvalue weighted by Gasteiger charge is -2.11. The van der Waals surface area contributed by atoms with Gasteiger partial charge in [-0.3, -0.25) is 4.79 Å². The summed E-state index contributed by atoms with van der Waals surface area (Å²) >= 11 is 7.10. The lowest BCUT2D eigenvalue weighted by atomic mass is 10.3. The number of benzene rings is 2. The molecule has 0 aliphatic heterocycles. The third kappa shape index (κ3) is 4.34. The van der Waals surface area contributed by atoms with E-state index in [1.807, 2.05) is 0 Å². The zero-order valence-electron chi connectivity index (χ0n) is 13.1. The molecule has 0 bridgehead atoms. The fourth-order valence-electron chi connectivity index (χ4n) is 1.99. The highest BCUT2D eigenvalue weighted by molar-refractivity contribution is 8.00. The molecule has 0 fully saturated rings. The van der Waals surface area contributed by atoms with Gasteiger partial charge >= 0.3 is 0 Å². The van der Waals surface area contributed by atoms with Crippen molar-refractivity contribution in [2.45, 2.75) is 17.3 Å². The van der Waals surface area contributed by atoms with Crippen LogP contribution in [-0.4, -0.2) is 31.4 Å². The average molecular weight is 378 g/mol. The van der Waals surface area contributed by atoms with Crippen LogP contribution in [0.15, 0.2) is 53.7 Å². The molecule has 1 unspecified atom stereocenters. The van der Waals surface area contributed by atoms with E-state index in [1.165, 1.54) is 40.7 Å². The number of anilines is 1. The Bertz CT molecular complexity index is 869. The standard InChI is InChI=1S/C16H13ClFN5OS/c1-10(15(24)19-13-6-4-12(18)5-7-13)25-16-20-21-22-23(16)14-8-2-11(17)3-9-14/h2-10H,1H3,(H,19,24). The van der Waals surface area contributed by atoms with Gasteiger partial charge in [0.15, 0.2) is 0 Å². The summed E-state index contributed by atoms with van der Waals surface area (Å²) in [7, 11) is 0. The number of halogens is 2. The van der Waals surface area contributed by atoms with Gasteiger partial charge in [0.2, 0.25) is 11.1 Å². The third-order valence-corrected chi connectivity index (χ3v) is 4.56. The molecule has 0 aliphatic rings. The first-order chi connectivity index (χ1) is 12.0. The van der Waals surface area contributed by atoms with Crippen LogP contribution in [0.3, 0.4) is 0 Å². The van der Waals surface area contributed by atoms with Gasteiger partial charge in [-0.05, 0) is 65.9 Å². The molecule has 128 valence electrons. The molecule has 3 aromatic rings. The van der Waals surface area contributed by atoms with E-state index in [2.05, 4.69) is 20.8 Å². The Kier molecular flexibility index (Phi) is 5.30. The van der Waals surface area contributed by atoms with E-state index in [-0.39, 0.29) is 11.7 Å². The van der Waals surface area contributed by atoms with E-state index >= 15 is 0 Å². The van der Waals surface area contributed by atoms with Crippen LogP contribution < -0.4 is 5.32 Å². The van der Waals surface area contributed by atoms with Crippen molar-refractivity contribution in [3.05, 3.63) is 59.4 Å². The van der Waals surface area contributed by atoms with Crippen LogP contribution >= 0.6 is 23.4 Å². The first-order valence-corrected chi connectivity index (χ1v) is 8.56. The van der Waals surface area contributed by atoms with Gasteiger partial charge in [-0.25, -0.2) is 4.39 Å². The Labute approximate surface area is 152 Å². The van der Waals surface area contributed by atoms with Crippen molar-refractivity contribution in [2.75, 3.05) is 5.32 Å². The smallest absolute Gasteiger partial charge is 0.237 e.